The molecule has 3 heterocycles. The molecule has 0 bridgehead atoms. The number of rotatable bonds is 5. The van der Waals surface area contributed by atoms with E-state index in [0.29, 0.717) is 23.6 Å². The molecule has 9 nitrogen and oxygen atoms in total. The van der Waals surface area contributed by atoms with Crippen molar-refractivity contribution in [2.45, 2.75) is 19.0 Å². The Labute approximate surface area is 187 Å². The van der Waals surface area contributed by atoms with E-state index in [1.807, 2.05) is 24.3 Å². The lowest BCUT2D eigenvalue weighted by molar-refractivity contribution is -0.138. The van der Waals surface area contributed by atoms with E-state index in [9.17, 15) is 14.4 Å². The molecule has 5 rings (SSSR count). The van der Waals surface area contributed by atoms with E-state index in [1.54, 1.807) is 32.2 Å². The highest BCUT2D eigenvalue weighted by Gasteiger charge is 2.50. The summed E-state index contributed by atoms with van der Waals surface area (Å²) in [6.45, 7) is 1.66. The molecule has 10 heteroatoms. The molecular weight excluding hydrogens is 432 g/mol. The highest BCUT2D eigenvalue weighted by Crippen LogP contribution is 2.37. The van der Waals surface area contributed by atoms with E-state index in [1.165, 1.54) is 16.2 Å². The quantitative estimate of drug-likeness (QED) is 0.597. The van der Waals surface area contributed by atoms with Gasteiger partial charge in [0.2, 0.25) is 12.7 Å². The number of nitrogens with one attached hydrogen (secondary N) is 1. The first kappa shape index (κ1) is 20.3. The molecule has 2 aliphatic rings. The Morgan fingerprint density at radius 3 is 2.81 bits per heavy atom. The summed E-state index contributed by atoms with van der Waals surface area (Å²) in [6, 6.07) is 12.2. The number of benzene rings is 2. The number of fused-ring (bicyclic) bond motifs is 2. The average Bonchev–Trinajstić information content (AvgIpc) is 3.46. The normalized spacial score (nSPS) is 19.5. The second-order valence-corrected chi connectivity index (χ2v) is 8.95. The Morgan fingerprint density at radius 2 is 2.00 bits per heavy atom. The molecule has 0 radical (unpaired) electrons. The number of ether oxygens (including phenoxy) is 2. The molecule has 0 saturated carbocycles. The second-order valence-electron chi connectivity index (χ2n) is 7.84. The van der Waals surface area contributed by atoms with Gasteiger partial charge in [0, 0.05) is 7.05 Å². The topological polar surface area (TPSA) is 101 Å². The minimum absolute atomic E-state index is 0.109. The van der Waals surface area contributed by atoms with Gasteiger partial charge in [0.1, 0.15) is 17.1 Å². The van der Waals surface area contributed by atoms with E-state index >= 15 is 0 Å². The molecule has 32 heavy (non-hydrogen) atoms. The van der Waals surface area contributed by atoms with Crippen LogP contribution in [0.15, 0.2) is 42.5 Å². The van der Waals surface area contributed by atoms with Crippen molar-refractivity contribution in [1.82, 2.24) is 20.1 Å². The monoisotopic (exact) mass is 452 g/mol. The number of amides is 4. The third-order valence-corrected chi connectivity index (χ3v) is 6.68. The van der Waals surface area contributed by atoms with Crippen LogP contribution in [0.3, 0.4) is 0 Å². The summed E-state index contributed by atoms with van der Waals surface area (Å²) in [5, 5.41) is 3.49. The number of aromatic nitrogens is 1. The van der Waals surface area contributed by atoms with Gasteiger partial charge in [-0.1, -0.05) is 18.2 Å². The van der Waals surface area contributed by atoms with Crippen molar-refractivity contribution in [3.05, 3.63) is 53.0 Å². The summed E-state index contributed by atoms with van der Waals surface area (Å²) in [5.74, 6) is 0.235. The molecule has 0 spiro atoms. The number of thiazole rings is 1. The average molecular weight is 452 g/mol. The molecule has 2 aromatic carbocycles. The molecule has 0 unspecified atom stereocenters. The van der Waals surface area contributed by atoms with E-state index in [0.717, 1.165) is 20.1 Å². The van der Waals surface area contributed by atoms with Crippen molar-refractivity contribution < 1.29 is 23.9 Å². The lowest BCUT2D eigenvalue weighted by Crippen LogP contribution is -2.43. The zero-order chi connectivity index (χ0) is 22.5. The molecular formula is C22H20N4O5S. The first-order chi connectivity index (χ1) is 15.3. The minimum Gasteiger partial charge on any atom is -0.454 e. The second kappa shape index (κ2) is 7.49. The number of hydrogen-bond acceptors (Lipinski definition) is 7. The SMILES string of the molecule is CN(Cc1nc2ccccc2s1)C(=O)CN1C(=O)N[C@](C)(c2ccc3c(c2)OCO3)C1=O. The van der Waals surface area contributed by atoms with Crippen LogP contribution in [-0.4, -0.2) is 53.0 Å². The Balaban J connectivity index is 1.29. The van der Waals surface area contributed by atoms with Crippen LogP contribution in [0.2, 0.25) is 0 Å². The largest absolute Gasteiger partial charge is 0.454 e. The van der Waals surface area contributed by atoms with Crippen LogP contribution in [0.5, 0.6) is 11.5 Å². The van der Waals surface area contributed by atoms with Crippen LogP contribution in [0.1, 0.15) is 17.5 Å². The third-order valence-electron chi connectivity index (χ3n) is 5.65. The van der Waals surface area contributed by atoms with Crippen molar-refractivity contribution in [3.63, 3.8) is 0 Å². The molecule has 4 amide bonds. The van der Waals surface area contributed by atoms with Crippen molar-refractivity contribution in [2.75, 3.05) is 20.4 Å². The van der Waals surface area contributed by atoms with Gasteiger partial charge in [-0.05, 0) is 36.8 Å². The predicted molar refractivity (Wildman–Crippen MR) is 116 cm³/mol. The molecule has 1 atom stereocenters. The molecule has 0 aliphatic carbocycles. The Kier molecular flexibility index (Phi) is 4.74. The summed E-state index contributed by atoms with van der Waals surface area (Å²) < 4.78 is 11.7. The summed E-state index contributed by atoms with van der Waals surface area (Å²) >= 11 is 1.51. The van der Waals surface area contributed by atoms with E-state index in [-0.39, 0.29) is 19.2 Å². The number of urea groups is 1. The summed E-state index contributed by atoms with van der Waals surface area (Å²) in [5.41, 5.74) is 0.129. The number of hydrogen-bond donors (Lipinski definition) is 1. The fourth-order valence-corrected chi connectivity index (χ4v) is 4.80. The highest BCUT2D eigenvalue weighted by molar-refractivity contribution is 7.18. The van der Waals surface area contributed by atoms with Crippen molar-refractivity contribution in [2.24, 2.45) is 0 Å². The zero-order valence-corrected chi connectivity index (χ0v) is 18.3. The lowest BCUT2D eigenvalue weighted by atomic mass is 9.91. The number of nitrogens with zero attached hydrogens (tertiary/aromatic N) is 3. The van der Waals surface area contributed by atoms with E-state index in [2.05, 4.69) is 10.3 Å². The maximum atomic E-state index is 13.2. The van der Waals surface area contributed by atoms with Gasteiger partial charge < -0.3 is 19.7 Å². The van der Waals surface area contributed by atoms with Gasteiger partial charge in [0.05, 0.1) is 16.8 Å². The molecule has 1 N–H and O–H groups in total. The number of carbonyl (C=O) groups is 3. The van der Waals surface area contributed by atoms with Crippen LogP contribution < -0.4 is 14.8 Å². The molecule has 1 aromatic heterocycles. The van der Waals surface area contributed by atoms with Crippen LogP contribution in [0.4, 0.5) is 4.79 Å². The standard InChI is InChI=1S/C22H20N4O5S/c1-22(13-7-8-15-16(9-13)31-12-30-15)20(28)26(21(29)24-22)11-19(27)25(2)10-18-23-14-5-3-4-6-17(14)32-18/h3-9H,10-12H2,1-2H3,(H,24,29)/t22-/m1/s1. The summed E-state index contributed by atoms with van der Waals surface area (Å²) in [4.78, 5) is 45.5. The maximum absolute atomic E-state index is 13.2. The van der Waals surface area contributed by atoms with Crippen molar-refractivity contribution in [3.8, 4) is 11.5 Å². The first-order valence-corrected chi connectivity index (χ1v) is 10.8. The fraction of sp³-hybridized carbons (Fsp3) is 0.273. The van der Waals surface area contributed by atoms with Crippen molar-refractivity contribution >= 4 is 39.4 Å². The fourth-order valence-electron chi connectivity index (χ4n) is 3.78. The molecule has 3 aromatic rings. The Bertz CT molecular complexity index is 1230. The third kappa shape index (κ3) is 3.32. The van der Waals surface area contributed by atoms with Crippen molar-refractivity contribution in [1.29, 1.82) is 0 Å². The highest BCUT2D eigenvalue weighted by atomic mass is 32.1. The van der Waals surface area contributed by atoms with E-state index in [4.69, 9.17) is 9.47 Å². The molecule has 1 fully saturated rings. The Morgan fingerprint density at radius 1 is 1.22 bits per heavy atom. The van der Waals surface area contributed by atoms with Crippen LogP contribution in [-0.2, 0) is 21.7 Å². The van der Waals surface area contributed by atoms with Gasteiger partial charge >= 0.3 is 6.03 Å². The van der Waals surface area contributed by atoms with Crippen LogP contribution in [0.25, 0.3) is 10.2 Å². The lowest BCUT2D eigenvalue weighted by Gasteiger charge is -2.23. The van der Waals surface area contributed by atoms with Gasteiger partial charge in [0.25, 0.3) is 5.91 Å². The van der Waals surface area contributed by atoms with Gasteiger partial charge in [-0.15, -0.1) is 11.3 Å². The predicted octanol–water partition coefficient (Wildman–Crippen LogP) is 2.45. The number of imide groups is 1. The van der Waals surface area contributed by atoms with Gasteiger partial charge in [-0.3, -0.25) is 14.5 Å². The number of para-hydroxylation sites is 1. The first-order valence-electron chi connectivity index (χ1n) is 9.98. The summed E-state index contributed by atoms with van der Waals surface area (Å²) in [7, 11) is 1.63. The molecule has 1 saturated heterocycles. The van der Waals surface area contributed by atoms with E-state index < -0.39 is 17.5 Å². The number of likely N-dealkylation sites (N-methyl/N-ethyl adjacent to an activating group) is 1. The summed E-state index contributed by atoms with van der Waals surface area (Å²) in [6.07, 6.45) is 0. The molecule has 2 aliphatic heterocycles. The van der Waals surface area contributed by atoms with Gasteiger partial charge in [0.15, 0.2) is 11.5 Å². The number of carbonyl (C=O) groups excluding carboxylic acids is 3. The van der Waals surface area contributed by atoms with Crippen LogP contribution in [0, 0.1) is 0 Å². The minimum atomic E-state index is -1.30. The maximum Gasteiger partial charge on any atom is 0.325 e. The smallest absolute Gasteiger partial charge is 0.325 e. The van der Waals surface area contributed by atoms with Gasteiger partial charge in [-0.25, -0.2) is 9.78 Å². The van der Waals surface area contributed by atoms with Crippen LogP contribution >= 0.6 is 11.3 Å². The van der Waals surface area contributed by atoms with Gasteiger partial charge in [-0.2, -0.15) is 0 Å². The molecule has 164 valence electrons. The zero-order valence-electron chi connectivity index (χ0n) is 17.5. The Hall–Kier alpha value is -3.66.